The summed E-state index contributed by atoms with van der Waals surface area (Å²) in [6.07, 6.45) is 1.90. The van der Waals surface area contributed by atoms with E-state index >= 15 is 0 Å². The molecule has 0 saturated carbocycles. The summed E-state index contributed by atoms with van der Waals surface area (Å²) in [5, 5.41) is 0.695. The summed E-state index contributed by atoms with van der Waals surface area (Å²) in [6, 6.07) is 11.6. The van der Waals surface area contributed by atoms with Crippen LogP contribution in [-0.4, -0.2) is 5.97 Å². The van der Waals surface area contributed by atoms with Crippen LogP contribution in [0.5, 0.6) is 5.75 Å². The molecule has 1 aliphatic rings. The molecular weight excluding hydrogens is 292 g/mol. The highest BCUT2D eigenvalue weighted by molar-refractivity contribution is 7.99. The van der Waals surface area contributed by atoms with Crippen molar-refractivity contribution in [1.82, 2.24) is 0 Å². The zero-order chi connectivity index (χ0) is 14.1. The molecule has 4 heteroatoms. The molecule has 100 valence electrons. The molecule has 0 unspecified atom stereocenters. The van der Waals surface area contributed by atoms with Crippen molar-refractivity contribution >= 4 is 29.3 Å². The van der Waals surface area contributed by atoms with E-state index in [1.165, 1.54) is 5.56 Å². The van der Waals surface area contributed by atoms with Gasteiger partial charge in [-0.3, -0.25) is 0 Å². The molecule has 3 rings (SSSR count). The van der Waals surface area contributed by atoms with Gasteiger partial charge in [-0.2, -0.15) is 0 Å². The molecule has 0 bridgehead atoms. The van der Waals surface area contributed by atoms with Crippen molar-refractivity contribution in [1.29, 1.82) is 0 Å². The lowest BCUT2D eigenvalue weighted by atomic mass is 10.0. The topological polar surface area (TPSA) is 26.3 Å². The number of esters is 1. The third-order valence-electron chi connectivity index (χ3n) is 3.10. The lowest BCUT2D eigenvalue weighted by molar-refractivity contribution is -0.129. The summed E-state index contributed by atoms with van der Waals surface area (Å²) in [6.45, 7) is 3.41. The number of hydrogen-bond acceptors (Lipinski definition) is 3. The van der Waals surface area contributed by atoms with Crippen molar-refractivity contribution in [3.8, 4) is 5.75 Å². The first-order chi connectivity index (χ1) is 9.69. The molecule has 0 atom stereocenters. The summed E-state index contributed by atoms with van der Waals surface area (Å²) < 4.78 is 5.30. The second kappa shape index (κ2) is 5.35. The summed E-state index contributed by atoms with van der Waals surface area (Å²) in [5.74, 6) is 0.0720. The van der Waals surface area contributed by atoms with Gasteiger partial charge in [0, 0.05) is 22.4 Å². The van der Waals surface area contributed by atoms with Crippen molar-refractivity contribution < 1.29 is 9.53 Å². The van der Waals surface area contributed by atoms with E-state index in [0.29, 0.717) is 10.8 Å². The quantitative estimate of drug-likeness (QED) is 0.396. The number of benzene rings is 2. The highest BCUT2D eigenvalue weighted by Crippen LogP contribution is 2.46. The molecule has 1 heterocycles. The normalized spacial score (nSPS) is 12.2. The van der Waals surface area contributed by atoms with Crippen molar-refractivity contribution in [2.75, 3.05) is 0 Å². The highest BCUT2D eigenvalue weighted by atomic mass is 35.5. The number of hydrogen-bond donors (Lipinski definition) is 0. The Bertz CT molecular complexity index is 710. The van der Waals surface area contributed by atoms with Crippen molar-refractivity contribution in [2.24, 2.45) is 0 Å². The van der Waals surface area contributed by atoms with Crippen LogP contribution in [0, 0.1) is 0 Å². The molecule has 0 saturated heterocycles. The van der Waals surface area contributed by atoms with Crippen molar-refractivity contribution in [3.05, 3.63) is 65.2 Å². The Kier molecular flexibility index (Phi) is 3.55. The zero-order valence-corrected chi connectivity index (χ0v) is 12.1. The van der Waals surface area contributed by atoms with Gasteiger partial charge in [0.2, 0.25) is 0 Å². The van der Waals surface area contributed by atoms with Crippen LogP contribution in [0.2, 0.25) is 5.02 Å². The van der Waals surface area contributed by atoms with E-state index < -0.39 is 5.97 Å². The Labute approximate surface area is 126 Å². The van der Waals surface area contributed by atoms with E-state index in [9.17, 15) is 4.79 Å². The SMILES string of the molecule is C=CC(=O)Oc1ccc(Cl)c2c1Sc1ccccc1C2. The monoisotopic (exact) mass is 302 g/mol. The fourth-order valence-corrected chi connectivity index (χ4v) is 3.57. The molecule has 0 aromatic heterocycles. The zero-order valence-electron chi connectivity index (χ0n) is 10.6. The molecule has 2 aromatic carbocycles. The smallest absolute Gasteiger partial charge is 0.335 e. The predicted molar refractivity (Wildman–Crippen MR) is 80.7 cm³/mol. The van der Waals surface area contributed by atoms with E-state index in [0.717, 1.165) is 27.9 Å². The van der Waals surface area contributed by atoms with Crippen LogP contribution in [0.15, 0.2) is 58.8 Å². The third kappa shape index (κ3) is 2.35. The molecule has 1 aliphatic heterocycles. The van der Waals surface area contributed by atoms with E-state index in [2.05, 4.69) is 18.7 Å². The van der Waals surface area contributed by atoms with Gasteiger partial charge in [0.25, 0.3) is 0 Å². The molecule has 0 radical (unpaired) electrons. The second-order valence-corrected chi connectivity index (χ2v) is 5.82. The van der Waals surface area contributed by atoms with E-state index in [4.69, 9.17) is 16.3 Å². The molecule has 0 N–H and O–H groups in total. The maximum absolute atomic E-state index is 11.4. The Morgan fingerprint density at radius 2 is 2.10 bits per heavy atom. The maximum Gasteiger partial charge on any atom is 0.335 e. The number of rotatable bonds is 2. The van der Waals surface area contributed by atoms with E-state index in [-0.39, 0.29) is 0 Å². The number of ether oxygens (including phenoxy) is 1. The maximum atomic E-state index is 11.4. The summed E-state index contributed by atoms with van der Waals surface area (Å²) in [4.78, 5) is 13.5. The van der Waals surface area contributed by atoms with Crippen LogP contribution >= 0.6 is 23.4 Å². The van der Waals surface area contributed by atoms with Gasteiger partial charge < -0.3 is 4.74 Å². The predicted octanol–water partition coefficient (Wildman–Crippen LogP) is 4.49. The number of carbonyl (C=O) groups is 1. The average molecular weight is 303 g/mol. The van der Waals surface area contributed by atoms with Gasteiger partial charge in [0.05, 0.1) is 4.90 Å². The Morgan fingerprint density at radius 1 is 1.30 bits per heavy atom. The van der Waals surface area contributed by atoms with Gasteiger partial charge >= 0.3 is 5.97 Å². The number of carbonyl (C=O) groups excluding carboxylic acids is 1. The van der Waals surface area contributed by atoms with Crippen LogP contribution in [0.1, 0.15) is 11.1 Å². The fraction of sp³-hybridized carbons (Fsp3) is 0.0625. The van der Waals surface area contributed by atoms with Crippen molar-refractivity contribution in [3.63, 3.8) is 0 Å². The van der Waals surface area contributed by atoms with Crippen LogP contribution in [-0.2, 0) is 11.2 Å². The largest absolute Gasteiger partial charge is 0.422 e. The van der Waals surface area contributed by atoms with Crippen LogP contribution in [0.25, 0.3) is 0 Å². The Morgan fingerprint density at radius 3 is 2.90 bits per heavy atom. The summed E-state index contributed by atoms with van der Waals surface area (Å²) in [7, 11) is 0. The minimum atomic E-state index is -0.464. The molecule has 0 aliphatic carbocycles. The van der Waals surface area contributed by atoms with Gasteiger partial charge in [0.1, 0.15) is 5.75 Å². The van der Waals surface area contributed by atoms with Gasteiger partial charge in [-0.1, -0.05) is 48.1 Å². The highest BCUT2D eigenvalue weighted by Gasteiger charge is 2.22. The Hall–Kier alpha value is -1.71. The molecule has 0 fully saturated rings. The van der Waals surface area contributed by atoms with Crippen LogP contribution in [0.4, 0.5) is 0 Å². The summed E-state index contributed by atoms with van der Waals surface area (Å²) >= 11 is 7.86. The standard InChI is InChI=1S/C16H11ClO2S/c1-2-15(18)19-13-8-7-12(17)11-9-10-5-3-4-6-14(10)20-16(11)13/h2-8H,1,9H2. The second-order valence-electron chi connectivity index (χ2n) is 4.36. The van der Waals surface area contributed by atoms with Gasteiger partial charge in [0.15, 0.2) is 0 Å². The van der Waals surface area contributed by atoms with Gasteiger partial charge in [-0.25, -0.2) is 4.79 Å². The van der Waals surface area contributed by atoms with Crippen LogP contribution in [0.3, 0.4) is 0 Å². The molecule has 20 heavy (non-hydrogen) atoms. The average Bonchev–Trinajstić information content (AvgIpc) is 2.48. The third-order valence-corrected chi connectivity index (χ3v) is 4.72. The molecular formula is C16H11ClO2S. The number of halogens is 1. The lowest BCUT2D eigenvalue weighted by Crippen LogP contribution is -2.07. The number of fused-ring (bicyclic) bond motifs is 2. The van der Waals surface area contributed by atoms with Gasteiger partial charge in [-0.15, -0.1) is 0 Å². The molecule has 2 nitrogen and oxygen atoms in total. The first kappa shape index (κ1) is 13.3. The van der Waals surface area contributed by atoms with Crippen molar-refractivity contribution in [2.45, 2.75) is 16.2 Å². The fourth-order valence-electron chi connectivity index (χ4n) is 2.14. The Balaban J connectivity index is 2.07. The first-order valence-corrected chi connectivity index (χ1v) is 7.30. The van der Waals surface area contributed by atoms with Crippen LogP contribution < -0.4 is 4.74 Å². The molecule has 0 spiro atoms. The lowest BCUT2D eigenvalue weighted by Gasteiger charge is -2.21. The summed E-state index contributed by atoms with van der Waals surface area (Å²) in [5.41, 5.74) is 2.24. The van der Waals surface area contributed by atoms with E-state index in [1.54, 1.807) is 23.9 Å². The molecule has 2 aromatic rings. The molecule has 0 amide bonds. The van der Waals surface area contributed by atoms with E-state index in [1.807, 2.05) is 12.1 Å². The first-order valence-electron chi connectivity index (χ1n) is 6.10. The minimum Gasteiger partial charge on any atom is -0.422 e. The van der Waals surface area contributed by atoms with Gasteiger partial charge in [-0.05, 0) is 29.3 Å². The minimum absolute atomic E-state index is 0.464.